The van der Waals surface area contributed by atoms with Crippen molar-refractivity contribution in [2.45, 2.75) is 33.3 Å². The standard InChI is InChI=1S/C14H12O2.C10H12O2.C4H10O/c15-13(11-7-3-1-4-8-11)14(16)12-9-5-2-6-10-12;1-2-8-12-10(11)9-6-4-3-5-7-9;1-3-5-4-2/h1-10,13,15H;3-7H,2,8H2,1H3;3-4H2,1-2H3. The van der Waals surface area contributed by atoms with E-state index in [1.54, 1.807) is 60.7 Å². The van der Waals surface area contributed by atoms with E-state index >= 15 is 0 Å². The number of hydrogen-bond donors (Lipinski definition) is 1. The molecular weight excluding hydrogens is 416 g/mol. The third-order valence-electron chi connectivity index (χ3n) is 4.28. The summed E-state index contributed by atoms with van der Waals surface area (Å²) in [5, 5.41) is 9.89. The Kier molecular flexibility index (Phi) is 14.5. The number of hydrogen-bond acceptors (Lipinski definition) is 5. The van der Waals surface area contributed by atoms with Crippen LogP contribution >= 0.6 is 0 Å². The van der Waals surface area contributed by atoms with E-state index < -0.39 is 6.10 Å². The molecule has 0 aliphatic rings. The molecule has 0 saturated heterocycles. The lowest BCUT2D eigenvalue weighted by Crippen LogP contribution is -2.11. The number of aliphatic hydroxyl groups is 1. The van der Waals surface area contributed by atoms with E-state index in [-0.39, 0.29) is 11.8 Å². The molecule has 0 aromatic heterocycles. The molecule has 5 nitrogen and oxygen atoms in total. The molecule has 0 radical (unpaired) electrons. The van der Waals surface area contributed by atoms with Crippen molar-refractivity contribution in [3.8, 4) is 0 Å². The van der Waals surface area contributed by atoms with Gasteiger partial charge in [0.25, 0.3) is 0 Å². The van der Waals surface area contributed by atoms with Crippen LogP contribution in [0, 0.1) is 0 Å². The van der Waals surface area contributed by atoms with Crippen molar-refractivity contribution in [3.05, 3.63) is 108 Å². The molecule has 1 unspecified atom stereocenters. The van der Waals surface area contributed by atoms with Crippen molar-refractivity contribution in [2.75, 3.05) is 19.8 Å². The molecule has 0 heterocycles. The van der Waals surface area contributed by atoms with Gasteiger partial charge in [0.05, 0.1) is 12.2 Å². The van der Waals surface area contributed by atoms with Crippen molar-refractivity contribution in [3.63, 3.8) is 0 Å². The van der Waals surface area contributed by atoms with Crippen molar-refractivity contribution in [1.29, 1.82) is 0 Å². The summed E-state index contributed by atoms with van der Waals surface area (Å²) in [7, 11) is 0. The Labute approximate surface area is 197 Å². The molecule has 0 amide bonds. The molecule has 176 valence electrons. The van der Waals surface area contributed by atoms with Crippen molar-refractivity contribution >= 4 is 11.8 Å². The van der Waals surface area contributed by atoms with Crippen LogP contribution in [0.3, 0.4) is 0 Å². The van der Waals surface area contributed by atoms with E-state index in [2.05, 4.69) is 0 Å². The molecule has 0 bridgehead atoms. The first-order chi connectivity index (χ1) is 16.0. The zero-order chi connectivity index (χ0) is 24.3. The second kappa shape index (κ2) is 17.3. The third kappa shape index (κ3) is 11.2. The highest BCUT2D eigenvalue weighted by atomic mass is 16.5. The minimum atomic E-state index is -1.08. The molecule has 0 saturated carbocycles. The summed E-state index contributed by atoms with van der Waals surface area (Å²) in [4.78, 5) is 23.1. The van der Waals surface area contributed by atoms with Gasteiger partial charge in [-0.15, -0.1) is 0 Å². The Morgan fingerprint density at radius 3 is 1.61 bits per heavy atom. The first kappa shape index (κ1) is 27.8. The SMILES string of the molecule is CCCOC(=O)c1ccccc1.CCOCC.O=C(c1ccccc1)C(O)c1ccccc1. The van der Waals surface area contributed by atoms with Gasteiger partial charge in [0.15, 0.2) is 5.78 Å². The molecule has 0 fully saturated rings. The van der Waals surface area contributed by atoms with Gasteiger partial charge >= 0.3 is 5.97 Å². The Hall–Kier alpha value is -3.28. The molecule has 0 spiro atoms. The zero-order valence-corrected chi connectivity index (χ0v) is 19.6. The fraction of sp³-hybridized carbons (Fsp3) is 0.286. The van der Waals surface area contributed by atoms with Crippen LogP contribution in [0.25, 0.3) is 0 Å². The summed E-state index contributed by atoms with van der Waals surface area (Å²) in [6, 6.07) is 26.8. The Morgan fingerprint density at radius 1 is 0.727 bits per heavy atom. The zero-order valence-electron chi connectivity index (χ0n) is 19.6. The van der Waals surface area contributed by atoms with E-state index in [1.807, 2.05) is 51.1 Å². The number of carbonyl (C=O) groups is 2. The van der Waals surface area contributed by atoms with E-state index in [9.17, 15) is 14.7 Å². The van der Waals surface area contributed by atoms with Crippen LogP contribution < -0.4 is 0 Å². The second-order valence-corrected chi connectivity index (χ2v) is 6.83. The molecule has 0 aliphatic heterocycles. The van der Waals surface area contributed by atoms with Crippen LogP contribution in [-0.4, -0.2) is 36.7 Å². The molecule has 5 heteroatoms. The molecule has 0 aliphatic carbocycles. The second-order valence-electron chi connectivity index (χ2n) is 6.83. The summed E-state index contributed by atoms with van der Waals surface area (Å²) in [6.07, 6.45) is -0.220. The van der Waals surface area contributed by atoms with E-state index in [0.717, 1.165) is 19.6 Å². The van der Waals surface area contributed by atoms with Gasteiger partial charge in [0.1, 0.15) is 6.10 Å². The number of rotatable bonds is 8. The van der Waals surface area contributed by atoms with Crippen LogP contribution in [0.2, 0.25) is 0 Å². The summed E-state index contributed by atoms with van der Waals surface area (Å²) < 4.78 is 9.77. The maximum absolute atomic E-state index is 11.9. The number of esters is 1. The lowest BCUT2D eigenvalue weighted by molar-refractivity contribution is 0.0505. The smallest absolute Gasteiger partial charge is 0.338 e. The normalized spacial score (nSPS) is 10.5. The van der Waals surface area contributed by atoms with Gasteiger partial charge in [-0.3, -0.25) is 4.79 Å². The van der Waals surface area contributed by atoms with Gasteiger partial charge in [-0.1, -0.05) is 85.8 Å². The van der Waals surface area contributed by atoms with E-state index in [1.165, 1.54) is 0 Å². The van der Waals surface area contributed by atoms with Crippen LogP contribution in [0.1, 0.15) is 59.6 Å². The van der Waals surface area contributed by atoms with Gasteiger partial charge in [-0.25, -0.2) is 4.79 Å². The van der Waals surface area contributed by atoms with Gasteiger partial charge in [-0.05, 0) is 38.0 Å². The predicted octanol–water partition coefficient (Wildman–Crippen LogP) is 5.90. The molecule has 1 atom stereocenters. The van der Waals surface area contributed by atoms with Crippen LogP contribution in [0.15, 0.2) is 91.0 Å². The number of ether oxygens (including phenoxy) is 2. The first-order valence-electron chi connectivity index (χ1n) is 11.2. The maximum atomic E-state index is 11.9. The predicted molar refractivity (Wildman–Crippen MR) is 131 cm³/mol. The summed E-state index contributed by atoms with van der Waals surface area (Å²) >= 11 is 0. The van der Waals surface area contributed by atoms with Gasteiger partial charge in [0, 0.05) is 18.8 Å². The number of benzene rings is 3. The molecule has 33 heavy (non-hydrogen) atoms. The fourth-order valence-electron chi connectivity index (χ4n) is 2.60. The lowest BCUT2D eigenvalue weighted by Gasteiger charge is -2.09. The minimum Gasteiger partial charge on any atom is -0.462 e. The lowest BCUT2D eigenvalue weighted by atomic mass is 10.0. The number of aliphatic hydroxyl groups excluding tert-OH is 1. The molecule has 1 N–H and O–H groups in total. The average molecular weight is 451 g/mol. The number of ketones is 1. The topological polar surface area (TPSA) is 72.8 Å². The summed E-state index contributed by atoms with van der Waals surface area (Å²) in [5.41, 5.74) is 1.76. The highest BCUT2D eigenvalue weighted by molar-refractivity contribution is 5.99. The van der Waals surface area contributed by atoms with Crippen LogP contribution in [0.5, 0.6) is 0 Å². The van der Waals surface area contributed by atoms with Crippen molar-refractivity contribution in [1.82, 2.24) is 0 Å². The van der Waals surface area contributed by atoms with Crippen LogP contribution in [-0.2, 0) is 9.47 Å². The Balaban J connectivity index is 0.000000283. The fourth-order valence-corrected chi connectivity index (χ4v) is 2.60. The average Bonchev–Trinajstić information content (AvgIpc) is 2.89. The van der Waals surface area contributed by atoms with Crippen molar-refractivity contribution < 1.29 is 24.2 Å². The molecular formula is C28H34O5. The molecule has 3 rings (SSSR count). The number of carbonyl (C=O) groups excluding carboxylic acids is 2. The Bertz CT molecular complexity index is 893. The van der Waals surface area contributed by atoms with Gasteiger partial charge < -0.3 is 14.6 Å². The third-order valence-corrected chi connectivity index (χ3v) is 4.28. The number of Topliss-reactive ketones (excluding diaryl/α,β-unsaturated/α-hetero) is 1. The molecule has 3 aromatic carbocycles. The maximum Gasteiger partial charge on any atom is 0.338 e. The van der Waals surface area contributed by atoms with E-state index in [4.69, 9.17) is 9.47 Å². The molecule has 3 aromatic rings. The van der Waals surface area contributed by atoms with E-state index in [0.29, 0.717) is 23.3 Å². The van der Waals surface area contributed by atoms with Crippen LogP contribution in [0.4, 0.5) is 0 Å². The summed E-state index contributed by atoms with van der Waals surface area (Å²) in [6.45, 7) is 8.13. The summed E-state index contributed by atoms with van der Waals surface area (Å²) in [5.74, 6) is -0.510. The minimum absolute atomic E-state index is 0.238. The van der Waals surface area contributed by atoms with Gasteiger partial charge in [-0.2, -0.15) is 0 Å². The Morgan fingerprint density at radius 2 is 1.18 bits per heavy atom. The van der Waals surface area contributed by atoms with Gasteiger partial charge in [0.2, 0.25) is 0 Å². The highest BCUT2D eigenvalue weighted by Crippen LogP contribution is 2.17. The largest absolute Gasteiger partial charge is 0.462 e. The monoisotopic (exact) mass is 450 g/mol. The van der Waals surface area contributed by atoms with Crippen molar-refractivity contribution in [2.24, 2.45) is 0 Å². The quantitative estimate of drug-likeness (QED) is 0.342. The highest BCUT2D eigenvalue weighted by Gasteiger charge is 2.18. The first-order valence-corrected chi connectivity index (χ1v) is 11.2.